The zero-order valence-electron chi connectivity index (χ0n) is 7.29. The van der Waals surface area contributed by atoms with Crippen molar-refractivity contribution in [2.45, 2.75) is 0 Å². The molecule has 0 spiro atoms. The lowest BCUT2D eigenvalue weighted by Crippen LogP contribution is -2.07. The van der Waals surface area contributed by atoms with Gasteiger partial charge in [-0.25, -0.2) is 4.79 Å². The molecule has 0 saturated heterocycles. The summed E-state index contributed by atoms with van der Waals surface area (Å²) in [6.45, 7) is 6.98. The van der Waals surface area contributed by atoms with Crippen LogP contribution in [0.2, 0.25) is 0 Å². The molecule has 0 aliphatic heterocycles. The zero-order chi connectivity index (χ0) is 9.56. The first-order valence-electron chi connectivity index (χ1n) is 3.31. The van der Waals surface area contributed by atoms with E-state index in [2.05, 4.69) is 17.9 Å². The highest BCUT2D eigenvalue weighted by molar-refractivity contribution is 5.92. The third-order valence-corrected chi connectivity index (χ3v) is 1.24. The summed E-state index contributed by atoms with van der Waals surface area (Å²) >= 11 is 0. The summed E-state index contributed by atoms with van der Waals surface area (Å²) in [4.78, 5) is 11.0. The van der Waals surface area contributed by atoms with Gasteiger partial charge in [0, 0.05) is 0 Å². The lowest BCUT2D eigenvalue weighted by molar-refractivity contribution is -0.136. The second kappa shape index (κ2) is 5.18. The topological polar surface area (TPSA) is 35.5 Å². The standard InChI is InChI=1S/C9H12O3/c1-5-6-8(7(2)11-3)9(10)12-4/h5-6H,1-2H2,3-4H3/b8-6+. The van der Waals surface area contributed by atoms with E-state index in [0.29, 0.717) is 0 Å². The molecule has 0 bridgehead atoms. The molecule has 3 heteroatoms. The lowest BCUT2D eigenvalue weighted by atomic mass is 10.2. The van der Waals surface area contributed by atoms with E-state index >= 15 is 0 Å². The van der Waals surface area contributed by atoms with E-state index in [4.69, 9.17) is 4.74 Å². The summed E-state index contributed by atoms with van der Waals surface area (Å²) in [5.74, 6) is -0.219. The maximum Gasteiger partial charge on any atom is 0.341 e. The van der Waals surface area contributed by atoms with Crippen molar-refractivity contribution in [2.75, 3.05) is 14.2 Å². The minimum absolute atomic E-state index is 0.266. The van der Waals surface area contributed by atoms with Crippen molar-refractivity contribution in [3.8, 4) is 0 Å². The molecular weight excluding hydrogens is 156 g/mol. The molecule has 12 heavy (non-hydrogen) atoms. The molecule has 0 unspecified atom stereocenters. The Balaban J connectivity index is 4.67. The lowest BCUT2D eigenvalue weighted by Gasteiger charge is -2.05. The third-order valence-electron chi connectivity index (χ3n) is 1.24. The van der Waals surface area contributed by atoms with Gasteiger partial charge in [-0.05, 0) is 6.08 Å². The molecule has 0 atom stereocenters. The van der Waals surface area contributed by atoms with Gasteiger partial charge in [-0.2, -0.15) is 0 Å². The second-order valence-corrected chi connectivity index (χ2v) is 1.93. The number of hydrogen-bond donors (Lipinski definition) is 0. The van der Waals surface area contributed by atoms with Crippen LogP contribution in [0.15, 0.2) is 36.6 Å². The van der Waals surface area contributed by atoms with Crippen LogP contribution in [0, 0.1) is 0 Å². The van der Waals surface area contributed by atoms with Gasteiger partial charge in [-0.1, -0.05) is 19.2 Å². The fourth-order valence-electron chi connectivity index (χ4n) is 0.613. The van der Waals surface area contributed by atoms with Gasteiger partial charge in [0.1, 0.15) is 11.3 Å². The molecule has 0 aromatic heterocycles. The second-order valence-electron chi connectivity index (χ2n) is 1.93. The van der Waals surface area contributed by atoms with Crippen molar-refractivity contribution in [1.29, 1.82) is 0 Å². The zero-order valence-corrected chi connectivity index (χ0v) is 7.29. The molecule has 0 rings (SSSR count). The third kappa shape index (κ3) is 2.62. The van der Waals surface area contributed by atoms with Gasteiger partial charge in [0.05, 0.1) is 14.2 Å². The van der Waals surface area contributed by atoms with Crippen LogP contribution in [0.5, 0.6) is 0 Å². The molecule has 0 saturated carbocycles. The SMILES string of the molecule is C=C/C=C(\C(=C)OC)C(=O)OC. The predicted molar refractivity (Wildman–Crippen MR) is 46.4 cm³/mol. The Hall–Kier alpha value is -1.51. The van der Waals surface area contributed by atoms with E-state index in [1.54, 1.807) is 0 Å². The summed E-state index contributed by atoms with van der Waals surface area (Å²) in [6.07, 6.45) is 2.95. The first-order valence-corrected chi connectivity index (χ1v) is 3.31. The molecule has 3 nitrogen and oxygen atoms in total. The van der Waals surface area contributed by atoms with Crippen molar-refractivity contribution in [3.05, 3.63) is 36.6 Å². The van der Waals surface area contributed by atoms with Gasteiger partial charge in [-0.3, -0.25) is 0 Å². The van der Waals surface area contributed by atoms with E-state index in [-0.39, 0.29) is 11.3 Å². The molecule has 0 fully saturated rings. The molecule has 0 amide bonds. The average molecular weight is 168 g/mol. The number of hydrogen-bond acceptors (Lipinski definition) is 3. The molecule has 0 radical (unpaired) electrons. The van der Waals surface area contributed by atoms with Crippen LogP contribution in [-0.2, 0) is 14.3 Å². The summed E-state index contributed by atoms with van der Waals surface area (Å²) in [7, 11) is 2.73. The van der Waals surface area contributed by atoms with Crippen molar-refractivity contribution < 1.29 is 14.3 Å². The molecule has 66 valence electrons. The van der Waals surface area contributed by atoms with Gasteiger partial charge in [0.2, 0.25) is 0 Å². The fourth-order valence-corrected chi connectivity index (χ4v) is 0.613. The minimum atomic E-state index is -0.484. The summed E-state index contributed by atoms with van der Waals surface area (Å²) in [6, 6.07) is 0. The van der Waals surface area contributed by atoms with Crippen LogP contribution < -0.4 is 0 Å². The Morgan fingerprint density at radius 3 is 2.25 bits per heavy atom. The minimum Gasteiger partial charge on any atom is -0.496 e. The van der Waals surface area contributed by atoms with E-state index in [0.717, 1.165) is 0 Å². The average Bonchev–Trinajstić information content (AvgIpc) is 2.11. The summed E-state index contributed by atoms with van der Waals surface area (Å²) in [5.41, 5.74) is 0.273. The number of esters is 1. The normalized spacial score (nSPS) is 10.3. The van der Waals surface area contributed by atoms with Crippen LogP contribution in [0.25, 0.3) is 0 Å². The van der Waals surface area contributed by atoms with E-state index in [9.17, 15) is 4.79 Å². The van der Waals surface area contributed by atoms with Gasteiger partial charge in [-0.15, -0.1) is 0 Å². The van der Waals surface area contributed by atoms with Crippen LogP contribution in [0.4, 0.5) is 0 Å². The van der Waals surface area contributed by atoms with E-state index < -0.39 is 5.97 Å². The largest absolute Gasteiger partial charge is 0.496 e. The Morgan fingerprint density at radius 2 is 1.92 bits per heavy atom. The predicted octanol–water partition coefficient (Wildman–Crippen LogP) is 1.43. The smallest absolute Gasteiger partial charge is 0.341 e. The number of carbonyl (C=O) groups is 1. The Kier molecular flexibility index (Phi) is 4.53. The maximum absolute atomic E-state index is 11.0. The van der Waals surface area contributed by atoms with Crippen molar-refractivity contribution >= 4 is 5.97 Å². The van der Waals surface area contributed by atoms with Crippen LogP contribution >= 0.6 is 0 Å². The molecular formula is C9H12O3. The van der Waals surface area contributed by atoms with E-state index in [1.165, 1.54) is 26.4 Å². The number of allylic oxidation sites excluding steroid dienone is 2. The van der Waals surface area contributed by atoms with Crippen LogP contribution in [-0.4, -0.2) is 20.2 Å². The fraction of sp³-hybridized carbons (Fsp3) is 0.222. The van der Waals surface area contributed by atoms with E-state index in [1.807, 2.05) is 0 Å². The molecule has 0 aliphatic carbocycles. The Bertz CT molecular complexity index is 208. The Morgan fingerprint density at radius 1 is 1.33 bits per heavy atom. The van der Waals surface area contributed by atoms with Crippen molar-refractivity contribution in [1.82, 2.24) is 0 Å². The van der Waals surface area contributed by atoms with Gasteiger partial charge >= 0.3 is 5.97 Å². The first kappa shape index (κ1) is 10.5. The van der Waals surface area contributed by atoms with Gasteiger partial charge < -0.3 is 9.47 Å². The quantitative estimate of drug-likeness (QED) is 0.276. The van der Waals surface area contributed by atoms with Crippen molar-refractivity contribution in [3.63, 3.8) is 0 Å². The number of ether oxygens (including phenoxy) is 2. The highest BCUT2D eigenvalue weighted by atomic mass is 16.5. The summed E-state index contributed by atoms with van der Waals surface area (Å²) < 4.78 is 9.27. The monoisotopic (exact) mass is 168 g/mol. The molecule has 0 aromatic carbocycles. The molecule has 0 heterocycles. The van der Waals surface area contributed by atoms with Gasteiger partial charge in [0.25, 0.3) is 0 Å². The highest BCUT2D eigenvalue weighted by Gasteiger charge is 2.12. The Labute approximate surface area is 72.0 Å². The number of rotatable bonds is 4. The van der Waals surface area contributed by atoms with Crippen LogP contribution in [0.1, 0.15) is 0 Å². The highest BCUT2D eigenvalue weighted by Crippen LogP contribution is 2.09. The molecule has 0 aliphatic rings. The maximum atomic E-state index is 11.0. The summed E-state index contributed by atoms with van der Waals surface area (Å²) in [5, 5.41) is 0. The van der Waals surface area contributed by atoms with Crippen molar-refractivity contribution in [2.24, 2.45) is 0 Å². The first-order chi connectivity index (χ1) is 5.67. The van der Waals surface area contributed by atoms with Crippen LogP contribution in [0.3, 0.4) is 0 Å². The van der Waals surface area contributed by atoms with Gasteiger partial charge in [0.15, 0.2) is 0 Å². The molecule has 0 aromatic rings. The number of carbonyl (C=O) groups excluding carboxylic acids is 1. The number of methoxy groups -OCH3 is 2. The molecule has 0 N–H and O–H groups in total.